The van der Waals surface area contributed by atoms with Crippen LogP contribution in [-0.4, -0.2) is 25.6 Å². The summed E-state index contributed by atoms with van der Waals surface area (Å²) in [6, 6.07) is 4.66. The van der Waals surface area contributed by atoms with Crippen LogP contribution in [-0.2, 0) is 11.2 Å². The van der Waals surface area contributed by atoms with E-state index in [9.17, 15) is 9.18 Å². The molecule has 1 unspecified atom stereocenters. The Labute approximate surface area is 106 Å². The average Bonchev–Trinajstić information content (AvgIpc) is 2.31. The summed E-state index contributed by atoms with van der Waals surface area (Å²) < 4.78 is 19.0. The number of hydrogen-bond donors (Lipinski definition) is 2. The van der Waals surface area contributed by atoms with E-state index in [-0.39, 0.29) is 30.7 Å². The second-order valence-corrected chi connectivity index (χ2v) is 4.18. The molecule has 4 nitrogen and oxygen atoms in total. The minimum Gasteiger partial charge on any atom is -0.490 e. The van der Waals surface area contributed by atoms with Crippen LogP contribution in [0.2, 0.25) is 0 Å². The SMILES string of the molecule is CNC(=O)CCOc1c(F)cccc1CC(C)N. The summed E-state index contributed by atoms with van der Waals surface area (Å²) in [7, 11) is 1.55. The minimum absolute atomic E-state index is 0.0758. The van der Waals surface area contributed by atoms with Gasteiger partial charge in [-0.1, -0.05) is 12.1 Å². The highest BCUT2D eigenvalue weighted by Crippen LogP contribution is 2.23. The number of ether oxygens (including phenoxy) is 1. The lowest BCUT2D eigenvalue weighted by molar-refractivity contribution is -0.121. The Kier molecular flexibility index (Phi) is 5.58. The molecule has 0 aromatic heterocycles. The second-order valence-electron chi connectivity index (χ2n) is 4.18. The van der Waals surface area contributed by atoms with Crippen molar-refractivity contribution in [3.63, 3.8) is 0 Å². The highest BCUT2D eigenvalue weighted by Gasteiger charge is 2.11. The Morgan fingerprint density at radius 1 is 1.56 bits per heavy atom. The van der Waals surface area contributed by atoms with Crippen LogP contribution < -0.4 is 15.8 Å². The number of nitrogens with one attached hydrogen (secondary N) is 1. The first-order valence-electron chi connectivity index (χ1n) is 5.91. The van der Waals surface area contributed by atoms with Gasteiger partial charge in [0.2, 0.25) is 5.91 Å². The molecule has 0 saturated carbocycles. The highest BCUT2D eigenvalue weighted by atomic mass is 19.1. The first-order valence-corrected chi connectivity index (χ1v) is 5.91. The lowest BCUT2D eigenvalue weighted by atomic mass is 10.1. The number of nitrogens with two attached hydrogens (primary N) is 1. The van der Waals surface area contributed by atoms with Gasteiger partial charge >= 0.3 is 0 Å². The molecule has 1 atom stereocenters. The molecule has 1 aromatic carbocycles. The van der Waals surface area contributed by atoms with Gasteiger partial charge in [0.1, 0.15) is 0 Å². The second kappa shape index (κ2) is 6.96. The van der Waals surface area contributed by atoms with Gasteiger partial charge in [-0.2, -0.15) is 0 Å². The number of amides is 1. The van der Waals surface area contributed by atoms with Gasteiger partial charge in [0, 0.05) is 13.1 Å². The van der Waals surface area contributed by atoms with Crippen LogP contribution in [0.5, 0.6) is 5.75 Å². The van der Waals surface area contributed by atoms with Gasteiger partial charge in [-0.3, -0.25) is 4.79 Å². The molecule has 0 aliphatic heterocycles. The van der Waals surface area contributed by atoms with Crippen molar-refractivity contribution in [2.45, 2.75) is 25.8 Å². The Morgan fingerprint density at radius 2 is 2.28 bits per heavy atom. The zero-order chi connectivity index (χ0) is 13.5. The lowest BCUT2D eigenvalue weighted by Crippen LogP contribution is -2.21. The van der Waals surface area contributed by atoms with Crippen LogP contribution in [0.3, 0.4) is 0 Å². The minimum atomic E-state index is -0.426. The van der Waals surface area contributed by atoms with Crippen LogP contribution in [0.25, 0.3) is 0 Å². The lowest BCUT2D eigenvalue weighted by Gasteiger charge is -2.13. The van der Waals surface area contributed by atoms with Gasteiger partial charge in [-0.25, -0.2) is 4.39 Å². The molecule has 0 aliphatic rings. The van der Waals surface area contributed by atoms with E-state index in [4.69, 9.17) is 10.5 Å². The van der Waals surface area contributed by atoms with E-state index in [1.807, 2.05) is 6.92 Å². The summed E-state index contributed by atoms with van der Waals surface area (Å²) >= 11 is 0. The molecule has 1 rings (SSSR count). The normalized spacial score (nSPS) is 12.0. The zero-order valence-corrected chi connectivity index (χ0v) is 10.7. The van der Waals surface area contributed by atoms with E-state index >= 15 is 0 Å². The van der Waals surface area contributed by atoms with Gasteiger partial charge in [-0.15, -0.1) is 0 Å². The van der Waals surface area contributed by atoms with E-state index in [0.29, 0.717) is 6.42 Å². The van der Waals surface area contributed by atoms with Crippen molar-refractivity contribution in [3.05, 3.63) is 29.6 Å². The molecule has 0 saturated heterocycles. The maximum Gasteiger partial charge on any atom is 0.223 e. The first kappa shape index (κ1) is 14.4. The number of carbonyl (C=O) groups is 1. The molecule has 3 N–H and O–H groups in total. The summed E-state index contributed by atoms with van der Waals surface area (Å²) in [6.45, 7) is 1.99. The number of halogens is 1. The monoisotopic (exact) mass is 254 g/mol. The van der Waals surface area contributed by atoms with Gasteiger partial charge < -0.3 is 15.8 Å². The smallest absolute Gasteiger partial charge is 0.223 e. The first-order chi connectivity index (χ1) is 8.54. The molecule has 0 aliphatic carbocycles. The van der Waals surface area contributed by atoms with E-state index in [1.165, 1.54) is 6.07 Å². The maximum absolute atomic E-state index is 13.6. The number of rotatable bonds is 6. The fraction of sp³-hybridized carbons (Fsp3) is 0.462. The molecular weight excluding hydrogens is 235 g/mol. The van der Waals surface area contributed by atoms with Crippen molar-refractivity contribution in [1.82, 2.24) is 5.32 Å². The molecule has 0 fully saturated rings. The molecule has 1 aromatic rings. The van der Waals surface area contributed by atoms with Crippen LogP contribution in [0.1, 0.15) is 18.9 Å². The third-order valence-corrected chi connectivity index (χ3v) is 2.44. The number of benzene rings is 1. The van der Waals surface area contributed by atoms with Gasteiger partial charge in [0.05, 0.1) is 13.0 Å². The van der Waals surface area contributed by atoms with E-state index < -0.39 is 5.82 Å². The Hall–Kier alpha value is -1.62. The number of para-hydroxylation sites is 1. The Balaban J connectivity index is 2.70. The van der Waals surface area contributed by atoms with Crippen LogP contribution in [0, 0.1) is 5.82 Å². The van der Waals surface area contributed by atoms with E-state index in [0.717, 1.165) is 5.56 Å². The fourth-order valence-corrected chi connectivity index (χ4v) is 1.59. The molecule has 100 valence electrons. The van der Waals surface area contributed by atoms with Crippen molar-refractivity contribution in [2.24, 2.45) is 5.73 Å². The van der Waals surface area contributed by atoms with Crippen molar-refractivity contribution >= 4 is 5.91 Å². The third kappa shape index (κ3) is 4.33. The van der Waals surface area contributed by atoms with E-state index in [1.54, 1.807) is 19.2 Å². The molecule has 5 heteroatoms. The average molecular weight is 254 g/mol. The van der Waals surface area contributed by atoms with E-state index in [2.05, 4.69) is 5.32 Å². The predicted octanol–water partition coefficient (Wildman–Crippen LogP) is 1.23. The Morgan fingerprint density at radius 3 is 2.89 bits per heavy atom. The van der Waals surface area contributed by atoms with Crippen molar-refractivity contribution in [3.8, 4) is 5.75 Å². The van der Waals surface area contributed by atoms with Crippen LogP contribution in [0.4, 0.5) is 4.39 Å². The quantitative estimate of drug-likeness (QED) is 0.802. The highest BCUT2D eigenvalue weighted by molar-refractivity contribution is 5.75. The zero-order valence-electron chi connectivity index (χ0n) is 10.7. The standard InChI is InChI=1S/C13H19FN2O2/c1-9(15)8-10-4-3-5-11(14)13(10)18-7-6-12(17)16-2/h3-5,9H,6-8,15H2,1-2H3,(H,16,17). The molecule has 18 heavy (non-hydrogen) atoms. The third-order valence-electron chi connectivity index (χ3n) is 2.44. The topological polar surface area (TPSA) is 64.3 Å². The molecule has 0 heterocycles. The Bertz CT molecular complexity index is 408. The number of hydrogen-bond acceptors (Lipinski definition) is 3. The maximum atomic E-state index is 13.6. The summed E-state index contributed by atoms with van der Waals surface area (Å²) in [5.74, 6) is -0.371. The summed E-state index contributed by atoms with van der Waals surface area (Å²) in [6.07, 6.45) is 0.732. The molecule has 1 amide bonds. The molecule has 0 spiro atoms. The van der Waals surface area contributed by atoms with Crippen molar-refractivity contribution in [1.29, 1.82) is 0 Å². The molecular formula is C13H19FN2O2. The van der Waals surface area contributed by atoms with Crippen LogP contribution >= 0.6 is 0 Å². The molecule has 0 radical (unpaired) electrons. The number of carbonyl (C=O) groups excluding carboxylic acids is 1. The summed E-state index contributed by atoms with van der Waals surface area (Å²) in [4.78, 5) is 11.0. The largest absolute Gasteiger partial charge is 0.490 e. The van der Waals surface area contributed by atoms with Crippen LogP contribution in [0.15, 0.2) is 18.2 Å². The summed E-state index contributed by atoms with van der Waals surface area (Å²) in [5, 5.41) is 2.48. The van der Waals surface area contributed by atoms with Gasteiger partial charge in [0.15, 0.2) is 11.6 Å². The van der Waals surface area contributed by atoms with Gasteiger partial charge in [-0.05, 0) is 25.0 Å². The predicted molar refractivity (Wildman–Crippen MR) is 67.9 cm³/mol. The van der Waals surface area contributed by atoms with Gasteiger partial charge in [0.25, 0.3) is 0 Å². The molecule has 0 bridgehead atoms. The fourth-order valence-electron chi connectivity index (χ4n) is 1.59. The summed E-state index contributed by atoms with van der Waals surface area (Å²) in [5.41, 5.74) is 6.42. The van der Waals surface area contributed by atoms with Crippen molar-refractivity contribution in [2.75, 3.05) is 13.7 Å². The van der Waals surface area contributed by atoms with Crippen molar-refractivity contribution < 1.29 is 13.9 Å².